The van der Waals surface area contributed by atoms with Crippen LogP contribution in [0.15, 0.2) is 41.8 Å². The minimum absolute atomic E-state index is 0.0637. The SMILES string of the molecule is Nc1ccc(-c2nc(-c3ccc(Cl)c(Cl)c3)cs2)cc1C(=O)O. The lowest BCUT2D eigenvalue weighted by atomic mass is 10.1. The zero-order valence-electron chi connectivity index (χ0n) is 11.6. The number of aromatic nitrogens is 1. The molecule has 3 rings (SSSR count). The fourth-order valence-corrected chi connectivity index (χ4v) is 3.19. The molecule has 0 saturated carbocycles. The summed E-state index contributed by atoms with van der Waals surface area (Å²) in [5.74, 6) is -1.06. The van der Waals surface area contributed by atoms with Crippen LogP contribution in [-0.4, -0.2) is 16.1 Å². The molecule has 116 valence electrons. The topological polar surface area (TPSA) is 76.2 Å². The van der Waals surface area contributed by atoms with Crippen molar-refractivity contribution < 1.29 is 9.90 Å². The number of hydrogen-bond acceptors (Lipinski definition) is 4. The molecule has 0 spiro atoms. The Bertz CT molecular complexity index is 909. The zero-order valence-corrected chi connectivity index (χ0v) is 13.9. The standard InChI is InChI=1S/C16H10Cl2N2O2S/c17-11-3-1-8(6-12(11)18)14-7-23-15(20-14)9-2-4-13(19)10(5-9)16(21)22/h1-7H,19H2,(H,21,22). The van der Waals surface area contributed by atoms with Crippen LogP contribution in [0.25, 0.3) is 21.8 Å². The fraction of sp³-hybridized carbons (Fsp3) is 0. The second-order valence-corrected chi connectivity index (χ2v) is 6.45. The lowest BCUT2D eigenvalue weighted by Crippen LogP contribution is -2.02. The molecule has 4 nitrogen and oxygen atoms in total. The molecule has 0 atom stereocenters. The normalized spacial score (nSPS) is 10.7. The van der Waals surface area contributed by atoms with E-state index in [4.69, 9.17) is 34.0 Å². The summed E-state index contributed by atoms with van der Waals surface area (Å²) >= 11 is 13.4. The van der Waals surface area contributed by atoms with Crippen molar-refractivity contribution in [1.82, 2.24) is 4.98 Å². The van der Waals surface area contributed by atoms with Crippen molar-refractivity contribution in [2.45, 2.75) is 0 Å². The van der Waals surface area contributed by atoms with Gasteiger partial charge < -0.3 is 10.8 Å². The second kappa shape index (κ2) is 6.20. The molecule has 0 aliphatic heterocycles. The first-order valence-corrected chi connectivity index (χ1v) is 8.13. The number of aromatic carboxylic acids is 1. The highest BCUT2D eigenvalue weighted by Crippen LogP contribution is 2.33. The Balaban J connectivity index is 2.00. The summed E-state index contributed by atoms with van der Waals surface area (Å²) in [5, 5.41) is 12.7. The molecule has 0 unspecified atom stereocenters. The lowest BCUT2D eigenvalue weighted by Gasteiger charge is -2.03. The molecule has 0 radical (unpaired) electrons. The van der Waals surface area contributed by atoms with Gasteiger partial charge in [-0.05, 0) is 30.3 Å². The number of nitrogens with zero attached hydrogens (tertiary/aromatic N) is 1. The maximum Gasteiger partial charge on any atom is 0.337 e. The van der Waals surface area contributed by atoms with Gasteiger partial charge in [0.25, 0.3) is 0 Å². The first kappa shape index (κ1) is 15.8. The Morgan fingerprint density at radius 2 is 1.83 bits per heavy atom. The number of hydrogen-bond donors (Lipinski definition) is 2. The van der Waals surface area contributed by atoms with E-state index in [0.29, 0.717) is 20.6 Å². The van der Waals surface area contributed by atoms with Gasteiger partial charge >= 0.3 is 5.97 Å². The summed E-state index contributed by atoms with van der Waals surface area (Å²) in [6, 6.07) is 10.1. The first-order valence-electron chi connectivity index (χ1n) is 6.50. The van der Waals surface area contributed by atoms with Crippen molar-refractivity contribution in [3.63, 3.8) is 0 Å². The number of benzene rings is 2. The van der Waals surface area contributed by atoms with Crippen molar-refractivity contribution in [2.24, 2.45) is 0 Å². The Morgan fingerprint density at radius 3 is 2.52 bits per heavy atom. The van der Waals surface area contributed by atoms with Gasteiger partial charge in [-0.25, -0.2) is 9.78 Å². The molecule has 1 heterocycles. The summed E-state index contributed by atoms with van der Waals surface area (Å²) in [5.41, 5.74) is 8.25. The van der Waals surface area contributed by atoms with E-state index in [0.717, 1.165) is 11.3 Å². The number of carboxylic acids is 1. The molecule has 0 bridgehead atoms. The lowest BCUT2D eigenvalue weighted by molar-refractivity contribution is 0.0698. The summed E-state index contributed by atoms with van der Waals surface area (Å²) in [6.07, 6.45) is 0. The summed E-state index contributed by atoms with van der Waals surface area (Å²) in [4.78, 5) is 15.7. The van der Waals surface area contributed by atoms with E-state index in [-0.39, 0.29) is 11.3 Å². The van der Waals surface area contributed by atoms with E-state index >= 15 is 0 Å². The Hall–Kier alpha value is -2.08. The summed E-state index contributed by atoms with van der Waals surface area (Å²) in [7, 11) is 0. The highest BCUT2D eigenvalue weighted by atomic mass is 35.5. The van der Waals surface area contributed by atoms with E-state index in [1.165, 1.54) is 17.4 Å². The number of halogens is 2. The minimum atomic E-state index is -1.06. The van der Waals surface area contributed by atoms with Gasteiger partial charge in [-0.2, -0.15) is 0 Å². The maximum absolute atomic E-state index is 11.2. The minimum Gasteiger partial charge on any atom is -0.478 e. The molecule has 0 aliphatic rings. The molecule has 7 heteroatoms. The van der Waals surface area contributed by atoms with Crippen LogP contribution in [0.4, 0.5) is 5.69 Å². The molecule has 0 aliphatic carbocycles. The average Bonchev–Trinajstić information content (AvgIpc) is 3.00. The van der Waals surface area contributed by atoms with E-state index in [2.05, 4.69) is 4.98 Å². The molecular formula is C16H10Cl2N2O2S. The van der Waals surface area contributed by atoms with Gasteiger partial charge in [-0.1, -0.05) is 29.3 Å². The van der Waals surface area contributed by atoms with Crippen LogP contribution in [0.3, 0.4) is 0 Å². The van der Waals surface area contributed by atoms with Gasteiger partial charge in [0.05, 0.1) is 21.3 Å². The third kappa shape index (κ3) is 3.17. The largest absolute Gasteiger partial charge is 0.478 e. The van der Waals surface area contributed by atoms with Crippen LogP contribution in [0.2, 0.25) is 10.0 Å². The number of carboxylic acid groups (broad SMARTS) is 1. The Morgan fingerprint density at radius 1 is 1.09 bits per heavy atom. The zero-order chi connectivity index (χ0) is 16.6. The number of thiazole rings is 1. The van der Waals surface area contributed by atoms with Gasteiger partial charge in [0, 0.05) is 22.2 Å². The van der Waals surface area contributed by atoms with Crippen LogP contribution in [0.1, 0.15) is 10.4 Å². The van der Waals surface area contributed by atoms with Crippen LogP contribution < -0.4 is 5.73 Å². The number of rotatable bonds is 3. The van der Waals surface area contributed by atoms with Gasteiger partial charge in [0.1, 0.15) is 5.01 Å². The highest BCUT2D eigenvalue weighted by Gasteiger charge is 2.13. The monoisotopic (exact) mass is 364 g/mol. The Labute approximate surface area is 146 Å². The van der Waals surface area contributed by atoms with Gasteiger partial charge in [-0.3, -0.25) is 0 Å². The molecule has 3 aromatic rings. The highest BCUT2D eigenvalue weighted by molar-refractivity contribution is 7.13. The second-order valence-electron chi connectivity index (χ2n) is 4.77. The summed E-state index contributed by atoms with van der Waals surface area (Å²) in [6.45, 7) is 0. The van der Waals surface area contributed by atoms with Crippen molar-refractivity contribution in [1.29, 1.82) is 0 Å². The smallest absolute Gasteiger partial charge is 0.337 e. The molecule has 1 aromatic heterocycles. The van der Waals surface area contributed by atoms with Gasteiger partial charge in [0.2, 0.25) is 0 Å². The third-order valence-corrected chi connectivity index (χ3v) is 4.88. The van der Waals surface area contributed by atoms with Crippen molar-refractivity contribution in [3.05, 3.63) is 57.4 Å². The van der Waals surface area contributed by atoms with E-state index < -0.39 is 5.97 Å². The van der Waals surface area contributed by atoms with Crippen molar-refractivity contribution >= 4 is 46.2 Å². The molecule has 23 heavy (non-hydrogen) atoms. The molecule has 0 fully saturated rings. The van der Waals surface area contributed by atoms with Gasteiger partial charge in [0.15, 0.2) is 0 Å². The van der Waals surface area contributed by atoms with Gasteiger partial charge in [-0.15, -0.1) is 11.3 Å². The number of nitrogen functional groups attached to an aromatic ring is 1. The van der Waals surface area contributed by atoms with Crippen LogP contribution in [0.5, 0.6) is 0 Å². The quantitative estimate of drug-likeness (QED) is 0.636. The molecule has 2 aromatic carbocycles. The van der Waals surface area contributed by atoms with E-state index in [9.17, 15) is 4.79 Å². The summed E-state index contributed by atoms with van der Waals surface area (Å²) < 4.78 is 0. The average molecular weight is 365 g/mol. The molecular weight excluding hydrogens is 355 g/mol. The first-order chi connectivity index (χ1) is 11.0. The van der Waals surface area contributed by atoms with Crippen LogP contribution in [-0.2, 0) is 0 Å². The van der Waals surface area contributed by atoms with Crippen molar-refractivity contribution in [2.75, 3.05) is 5.73 Å². The maximum atomic E-state index is 11.2. The van der Waals surface area contributed by atoms with Crippen LogP contribution >= 0.6 is 34.5 Å². The van der Waals surface area contributed by atoms with E-state index in [1.54, 1.807) is 24.3 Å². The van der Waals surface area contributed by atoms with Crippen molar-refractivity contribution in [3.8, 4) is 21.8 Å². The molecule has 0 amide bonds. The van der Waals surface area contributed by atoms with Crippen LogP contribution in [0, 0.1) is 0 Å². The predicted octanol–water partition coefficient (Wildman–Crippen LogP) is 5.06. The molecule has 3 N–H and O–H groups in total. The predicted molar refractivity (Wildman–Crippen MR) is 94.4 cm³/mol. The third-order valence-electron chi connectivity index (χ3n) is 3.25. The fourth-order valence-electron chi connectivity index (χ4n) is 2.07. The molecule has 0 saturated heterocycles. The Kier molecular flexibility index (Phi) is 4.26. The van der Waals surface area contributed by atoms with E-state index in [1.807, 2.05) is 11.4 Å². The number of nitrogens with two attached hydrogens (primary N) is 1. The number of anilines is 1. The number of carbonyl (C=O) groups is 1.